The van der Waals surface area contributed by atoms with E-state index in [0.717, 1.165) is 22.3 Å². The van der Waals surface area contributed by atoms with Gasteiger partial charge in [-0.15, -0.1) is 11.8 Å². The molecule has 10 rings (SSSR count). The van der Waals surface area contributed by atoms with E-state index >= 15 is 0 Å². The van der Waals surface area contributed by atoms with Crippen molar-refractivity contribution in [1.29, 1.82) is 0 Å². The molecule has 2 unspecified atom stereocenters. The van der Waals surface area contributed by atoms with E-state index in [0.29, 0.717) is 11.9 Å². The Kier molecular flexibility index (Phi) is 6.93. The van der Waals surface area contributed by atoms with Crippen molar-refractivity contribution in [1.82, 2.24) is 14.5 Å². The van der Waals surface area contributed by atoms with Gasteiger partial charge in [-0.25, -0.2) is 9.97 Å². The molecule has 51 heavy (non-hydrogen) atoms. The number of hydrogen-bond acceptors (Lipinski definition) is 3. The number of allylic oxidation sites excluding steroid dienone is 3. The molecule has 0 radical (unpaired) electrons. The summed E-state index contributed by atoms with van der Waals surface area (Å²) in [6.45, 7) is 2.40. The first-order valence-corrected chi connectivity index (χ1v) is 18.3. The zero-order valence-corrected chi connectivity index (χ0v) is 28.9. The van der Waals surface area contributed by atoms with Crippen molar-refractivity contribution in [2.45, 2.75) is 22.5 Å². The molecule has 3 nitrogen and oxygen atoms in total. The highest BCUT2D eigenvalue weighted by molar-refractivity contribution is 8.01. The van der Waals surface area contributed by atoms with Crippen molar-refractivity contribution in [3.05, 3.63) is 187 Å². The minimum Gasteiger partial charge on any atom is -0.278 e. The van der Waals surface area contributed by atoms with E-state index in [2.05, 4.69) is 175 Å². The van der Waals surface area contributed by atoms with Crippen LogP contribution < -0.4 is 0 Å². The lowest BCUT2D eigenvalue weighted by Crippen LogP contribution is -2.27. The summed E-state index contributed by atoms with van der Waals surface area (Å²) in [6.07, 6.45) is 8.80. The van der Waals surface area contributed by atoms with Crippen molar-refractivity contribution >= 4 is 39.1 Å². The van der Waals surface area contributed by atoms with Crippen LogP contribution >= 0.6 is 11.8 Å². The molecule has 2 aromatic heterocycles. The number of aromatic nitrogens is 3. The summed E-state index contributed by atoms with van der Waals surface area (Å²) in [5.41, 5.74) is 13.0. The molecule has 8 aromatic rings. The maximum absolute atomic E-state index is 5.16. The molecule has 242 valence electrons. The number of nitrogens with zero attached hydrogens (tertiary/aromatic N) is 3. The first-order valence-electron chi connectivity index (χ1n) is 17.4. The lowest BCUT2D eigenvalue weighted by atomic mass is 9.76. The van der Waals surface area contributed by atoms with E-state index in [4.69, 9.17) is 9.97 Å². The van der Waals surface area contributed by atoms with Crippen LogP contribution in [0.1, 0.15) is 24.0 Å². The van der Waals surface area contributed by atoms with Gasteiger partial charge < -0.3 is 0 Å². The second-order valence-corrected chi connectivity index (χ2v) is 15.0. The Morgan fingerprint density at radius 3 is 2.14 bits per heavy atom. The van der Waals surface area contributed by atoms with Gasteiger partial charge in [-0.1, -0.05) is 133 Å². The molecule has 0 amide bonds. The Bertz CT molecular complexity index is 2690. The monoisotopic (exact) mass is 671 g/mol. The van der Waals surface area contributed by atoms with E-state index in [1.54, 1.807) is 0 Å². The van der Waals surface area contributed by atoms with Crippen LogP contribution in [0.15, 0.2) is 181 Å². The summed E-state index contributed by atoms with van der Waals surface area (Å²) >= 11 is 1.99. The van der Waals surface area contributed by atoms with Crippen molar-refractivity contribution < 1.29 is 0 Å². The number of rotatable bonds is 5. The topological polar surface area (TPSA) is 30.7 Å². The lowest BCUT2D eigenvalue weighted by Gasteiger charge is -2.34. The normalized spacial score (nSPS) is 17.7. The summed E-state index contributed by atoms with van der Waals surface area (Å²) in [7, 11) is 0. The maximum Gasteiger partial charge on any atom is 0.235 e. The summed E-state index contributed by atoms with van der Waals surface area (Å²) < 4.78 is 2.14. The van der Waals surface area contributed by atoms with Gasteiger partial charge in [0.1, 0.15) is 0 Å². The first-order chi connectivity index (χ1) is 25.1. The summed E-state index contributed by atoms with van der Waals surface area (Å²) in [6, 6.07) is 54.3. The molecular formula is C47H33N3S. The number of benzene rings is 6. The zero-order valence-electron chi connectivity index (χ0n) is 28.1. The van der Waals surface area contributed by atoms with Gasteiger partial charge in [0.2, 0.25) is 5.95 Å². The molecule has 0 bridgehead atoms. The summed E-state index contributed by atoms with van der Waals surface area (Å²) in [5.74, 6) is 1.01. The number of hydrogen-bond donors (Lipinski definition) is 0. The SMILES string of the molecule is CC12Sc3ccccc3C1C=CC=C2c1ccc2c(c1)c1ccccc1n2-c1nccc(-c2ccc(-c3cccc(-c4ccccc4)c3)cc2)n1. The third-order valence-electron chi connectivity index (χ3n) is 10.6. The van der Waals surface area contributed by atoms with Gasteiger partial charge in [0.15, 0.2) is 0 Å². The number of fused-ring (bicyclic) bond motifs is 6. The molecule has 6 aromatic carbocycles. The first kappa shape index (κ1) is 29.9. The quantitative estimate of drug-likeness (QED) is 0.182. The molecule has 0 saturated carbocycles. The minimum absolute atomic E-state index is 0.0673. The molecule has 3 heterocycles. The van der Waals surface area contributed by atoms with E-state index in [1.807, 2.05) is 24.0 Å². The smallest absolute Gasteiger partial charge is 0.235 e. The number of thioether (sulfide) groups is 1. The van der Waals surface area contributed by atoms with Crippen LogP contribution in [0.3, 0.4) is 0 Å². The second-order valence-electron chi connectivity index (χ2n) is 13.5. The van der Waals surface area contributed by atoms with Crippen molar-refractivity contribution in [3.8, 4) is 39.5 Å². The fourth-order valence-electron chi connectivity index (χ4n) is 8.06. The predicted molar refractivity (Wildman–Crippen MR) is 213 cm³/mol. The van der Waals surface area contributed by atoms with Crippen LogP contribution in [-0.2, 0) is 0 Å². The highest BCUT2D eigenvalue weighted by atomic mass is 32.2. The second kappa shape index (κ2) is 11.8. The predicted octanol–water partition coefficient (Wildman–Crippen LogP) is 12.2. The average Bonchev–Trinajstić information content (AvgIpc) is 3.69. The fraction of sp³-hybridized carbons (Fsp3) is 0.0638. The van der Waals surface area contributed by atoms with Gasteiger partial charge >= 0.3 is 0 Å². The minimum atomic E-state index is -0.0673. The highest BCUT2D eigenvalue weighted by Gasteiger charge is 2.46. The Labute approximate surface area is 301 Å². The van der Waals surface area contributed by atoms with E-state index in [9.17, 15) is 0 Å². The Morgan fingerprint density at radius 1 is 0.588 bits per heavy atom. The number of para-hydroxylation sites is 1. The molecule has 0 saturated heterocycles. The molecule has 2 atom stereocenters. The molecule has 1 aliphatic carbocycles. The summed E-state index contributed by atoms with van der Waals surface area (Å²) in [4.78, 5) is 11.4. The van der Waals surface area contributed by atoms with Gasteiger partial charge in [0.25, 0.3) is 0 Å². The van der Waals surface area contributed by atoms with Crippen LogP contribution in [0.5, 0.6) is 0 Å². The van der Waals surface area contributed by atoms with Gasteiger partial charge in [0, 0.05) is 33.3 Å². The van der Waals surface area contributed by atoms with Crippen molar-refractivity contribution in [2.24, 2.45) is 0 Å². The van der Waals surface area contributed by atoms with E-state index in [1.165, 1.54) is 54.6 Å². The third-order valence-corrected chi connectivity index (χ3v) is 12.1. The molecule has 2 aliphatic rings. The van der Waals surface area contributed by atoms with E-state index < -0.39 is 0 Å². The maximum atomic E-state index is 5.16. The Hall–Kier alpha value is -5.97. The Balaban J connectivity index is 1.01. The molecule has 0 spiro atoms. The van der Waals surface area contributed by atoms with E-state index in [-0.39, 0.29) is 4.75 Å². The third kappa shape index (κ3) is 4.90. The highest BCUT2D eigenvalue weighted by Crippen LogP contribution is 2.60. The molecule has 0 N–H and O–H groups in total. The van der Waals surface area contributed by atoms with Crippen LogP contribution in [0.4, 0.5) is 0 Å². The molecular weight excluding hydrogens is 639 g/mol. The fourth-order valence-corrected chi connectivity index (χ4v) is 9.60. The van der Waals surface area contributed by atoms with Gasteiger partial charge in [-0.05, 0) is 82.3 Å². The van der Waals surface area contributed by atoms with Crippen LogP contribution in [-0.4, -0.2) is 19.3 Å². The van der Waals surface area contributed by atoms with Crippen molar-refractivity contribution in [2.75, 3.05) is 0 Å². The molecule has 0 fully saturated rings. The Morgan fingerprint density at radius 2 is 1.27 bits per heavy atom. The van der Waals surface area contributed by atoms with Gasteiger partial charge in [-0.3, -0.25) is 4.57 Å². The summed E-state index contributed by atoms with van der Waals surface area (Å²) in [5, 5.41) is 2.40. The van der Waals surface area contributed by atoms with Gasteiger partial charge in [0.05, 0.1) is 21.5 Å². The van der Waals surface area contributed by atoms with Gasteiger partial charge in [-0.2, -0.15) is 0 Å². The molecule has 4 heteroatoms. The lowest BCUT2D eigenvalue weighted by molar-refractivity contribution is 0.719. The standard InChI is InChI=1S/C47H33N3S/c1-47-40(17-10-18-41(47)38-16-6-8-20-45(38)51-47)36-25-26-44-39(30-36)37-15-5-7-19-43(37)50(44)46-48-28-27-42(49-46)33-23-21-32(22-24-33)35-14-9-13-34(29-35)31-11-3-2-4-12-31/h2-30,41H,1H3. The van der Waals surface area contributed by atoms with Crippen LogP contribution in [0.2, 0.25) is 0 Å². The largest absolute Gasteiger partial charge is 0.278 e. The van der Waals surface area contributed by atoms with Crippen molar-refractivity contribution in [3.63, 3.8) is 0 Å². The zero-order chi connectivity index (χ0) is 33.9. The van der Waals surface area contributed by atoms with Crippen LogP contribution in [0, 0.1) is 0 Å². The average molecular weight is 672 g/mol. The van der Waals surface area contributed by atoms with Crippen LogP contribution in [0.25, 0.3) is 66.8 Å². The molecule has 1 aliphatic heterocycles.